The van der Waals surface area contributed by atoms with Crippen LogP contribution in [0.2, 0.25) is 0 Å². The number of amides is 2. The molecule has 2 aliphatic rings. The first-order valence-electron chi connectivity index (χ1n) is 8.12. The van der Waals surface area contributed by atoms with Gasteiger partial charge in [-0.05, 0) is 37.7 Å². The largest absolute Gasteiger partial charge is 0.365 e. The van der Waals surface area contributed by atoms with Gasteiger partial charge in [0, 0.05) is 10.8 Å². The van der Waals surface area contributed by atoms with Crippen LogP contribution in [0.15, 0.2) is 0 Å². The number of likely N-dealkylation sites (tertiary alicyclic amines) is 1. The maximum absolute atomic E-state index is 12.3. The zero-order chi connectivity index (χ0) is 15.7. The molecule has 22 heavy (non-hydrogen) atoms. The minimum absolute atomic E-state index is 0.00785. The summed E-state index contributed by atoms with van der Waals surface area (Å²) in [5.41, 5.74) is 7.13. The van der Waals surface area contributed by atoms with Crippen LogP contribution in [0.3, 0.4) is 0 Å². The van der Waals surface area contributed by atoms with E-state index in [9.17, 15) is 9.59 Å². The first-order valence-corrected chi connectivity index (χ1v) is 8.94. The number of carbonyl (C=O) groups excluding carboxylic acids is 2. The Morgan fingerprint density at radius 1 is 1.36 bits per heavy atom. The third-order valence-corrected chi connectivity index (χ3v) is 5.90. The summed E-state index contributed by atoms with van der Waals surface area (Å²) < 4.78 is 0. The summed E-state index contributed by atoms with van der Waals surface area (Å²) in [6, 6.07) is 0. The molecule has 0 aromatic carbocycles. The molecular weight excluding hydrogens is 298 g/mol. The van der Waals surface area contributed by atoms with Crippen molar-refractivity contribution in [2.24, 2.45) is 11.7 Å². The van der Waals surface area contributed by atoms with Crippen molar-refractivity contribution in [3.8, 4) is 0 Å². The van der Waals surface area contributed by atoms with Gasteiger partial charge < -0.3 is 16.0 Å². The molecule has 1 fully saturated rings. The highest BCUT2D eigenvalue weighted by molar-refractivity contribution is 7.17. The van der Waals surface area contributed by atoms with E-state index in [1.807, 2.05) is 0 Å². The zero-order valence-corrected chi connectivity index (χ0v) is 13.9. The predicted octanol–water partition coefficient (Wildman–Crippen LogP) is 0.589. The third-order valence-electron chi connectivity index (χ3n) is 4.70. The Balaban J connectivity index is 1.68. The number of piperidine rings is 1. The van der Waals surface area contributed by atoms with Crippen LogP contribution in [0.4, 0.5) is 5.00 Å². The Kier molecular flexibility index (Phi) is 4.49. The van der Waals surface area contributed by atoms with Gasteiger partial charge in [-0.1, -0.05) is 6.92 Å². The fraction of sp³-hybridized carbons (Fsp3) is 0.625. The zero-order valence-electron chi connectivity index (χ0n) is 13.0. The Bertz CT molecular complexity index is 596. The smallest absolute Gasteiger partial charge is 0.280 e. The number of nitrogens with one attached hydrogen (secondary N) is 2. The molecule has 1 aromatic rings. The summed E-state index contributed by atoms with van der Waals surface area (Å²) in [7, 11) is 0. The van der Waals surface area contributed by atoms with Crippen LogP contribution in [0.25, 0.3) is 0 Å². The molecule has 120 valence electrons. The molecule has 0 spiro atoms. The van der Waals surface area contributed by atoms with Crippen molar-refractivity contribution >= 4 is 28.2 Å². The van der Waals surface area contributed by atoms with Crippen molar-refractivity contribution in [2.45, 2.75) is 39.0 Å². The normalized spacial score (nSPS) is 24.0. The molecule has 1 unspecified atom stereocenters. The number of aryl methyl sites for hydroxylation is 1. The number of rotatable bonds is 4. The van der Waals surface area contributed by atoms with Gasteiger partial charge in [0.15, 0.2) is 6.54 Å². The molecule has 3 rings (SSSR count). The second-order valence-electron chi connectivity index (χ2n) is 6.60. The van der Waals surface area contributed by atoms with Crippen molar-refractivity contribution < 1.29 is 14.5 Å². The van der Waals surface area contributed by atoms with E-state index in [1.165, 1.54) is 34.0 Å². The number of quaternary nitrogens is 1. The molecule has 4 N–H and O–H groups in total. The highest BCUT2D eigenvalue weighted by Gasteiger charge is 2.27. The average molecular weight is 322 g/mol. The topological polar surface area (TPSA) is 76.6 Å². The Morgan fingerprint density at radius 2 is 2.18 bits per heavy atom. The molecule has 5 nitrogen and oxygen atoms in total. The van der Waals surface area contributed by atoms with E-state index >= 15 is 0 Å². The summed E-state index contributed by atoms with van der Waals surface area (Å²) >= 11 is 1.53. The van der Waals surface area contributed by atoms with Crippen LogP contribution in [-0.2, 0) is 17.6 Å². The van der Waals surface area contributed by atoms with Crippen molar-refractivity contribution in [3.05, 3.63) is 16.0 Å². The van der Waals surface area contributed by atoms with Gasteiger partial charge in [0.25, 0.3) is 11.8 Å². The molecule has 1 aromatic heterocycles. The lowest BCUT2D eigenvalue weighted by Crippen LogP contribution is -3.14. The second-order valence-corrected chi connectivity index (χ2v) is 7.71. The van der Waals surface area contributed by atoms with Crippen LogP contribution in [0.5, 0.6) is 0 Å². The maximum Gasteiger partial charge on any atom is 0.280 e. The first kappa shape index (κ1) is 15.5. The second kappa shape index (κ2) is 6.38. The fourth-order valence-electron chi connectivity index (χ4n) is 3.71. The lowest BCUT2D eigenvalue weighted by Gasteiger charge is -2.27. The summed E-state index contributed by atoms with van der Waals surface area (Å²) in [6.07, 6.45) is 5.41. The average Bonchev–Trinajstić information content (AvgIpc) is 2.97. The van der Waals surface area contributed by atoms with E-state index in [0.29, 0.717) is 23.0 Å². The van der Waals surface area contributed by atoms with Crippen molar-refractivity contribution in [2.75, 3.05) is 25.0 Å². The number of nitrogens with two attached hydrogens (primary N) is 1. The Hall–Kier alpha value is -1.40. The van der Waals surface area contributed by atoms with E-state index in [0.717, 1.165) is 37.9 Å². The molecule has 0 radical (unpaired) electrons. The van der Waals surface area contributed by atoms with Crippen molar-refractivity contribution in [1.82, 2.24) is 0 Å². The molecule has 0 bridgehead atoms. The molecule has 6 heteroatoms. The van der Waals surface area contributed by atoms with Crippen LogP contribution in [-0.4, -0.2) is 31.4 Å². The molecule has 1 aliphatic heterocycles. The summed E-state index contributed by atoms with van der Waals surface area (Å²) in [5.74, 6) is 0.253. The van der Waals surface area contributed by atoms with Crippen molar-refractivity contribution in [1.29, 1.82) is 0 Å². The molecule has 2 amide bonds. The number of fused-ring (bicyclic) bond motifs is 1. The standard InChI is InChI=1S/C16H23N3O2S/c1-10-4-3-7-19(8-10)9-13(20)18-16-14(15(17)21)11-5-2-6-12(11)22-16/h10H,2-9H2,1H3,(H2,17,21)(H,18,20)/p+1/t10-/m0/s1. The number of anilines is 1. The first-order chi connectivity index (χ1) is 10.5. The predicted molar refractivity (Wildman–Crippen MR) is 87.5 cm³/mol. The highest BCUT2D eigenvalue weighted by Crippen LogP contribution is 2.38. The summed E-state index contributed by atoms with van der Waals surface area (Å²) in [5, 5.41) is 3.60. The number of hydrogen-bond acceptors (Lipinski definition) is 3. The number of carbonyl (C=O) groups is 2. The van der Waals surface area contributed by atoms with Crippen LogP contribution >= 0.6 is 11.3 Å². The van der Waals surface area contributed by atoms with E-state index < -0.39 is 5.91 Å². The van der Waals surface area contributed by atoms with Gasteiger partial charge in [0.05, 0.1) is 18.7 Å². The molecular formula is C16H24N3O2S+. The van der Waals surface area contributed by atoms with Crippen molar-refractivity contribution in [3.63, 3.8) is 0 Å². The van der Waals surface area contributed by atoms with Crippen LogP contribution in [0.1, 0.15) is 47.0 Å². The Morgan fingerprint density at radius 3 is 2.91 bits per heavy atom. The quantitative estimate of drug-likeness (QED) is 0.759. The molecule has 1 aliphatic carbocycles. The Labute approximate surface area is 134 Å². The summed E-state index contributed by atoms with van der Waals surface area (Å²) in [6.45, 7) is 4.83. The van der Waals surface area contributed by atoms with E-state index in [1.54, 1.807) is 0 Å². The molecule has 0 saturated carbocycles. The monoisotopic (exact) mass is 322 g/mol. The van der Waals surface area contributed by atoms with Gasteiger partial charge in [-0.25, -0.2) is 0 Å². The number of thiophene rings is 1. The van der Waals surface area contributed by atoms with E-state index in [-0.39, 0.29) is 5.91 Å². The lowest BCUT2D eigenvalue weighted by molar-refractivity contribution is -0.900. The molecule has 2 heterocycles. The SMILES string of the molecule is C[C@H]1CCC[NH+](CC(=O)Nc2sc3c(c2C(N)=O)CCC3)C1. The molecule has 1 saturated heterocycles. The van der Waals surface area contributed by atoms with Gasteiger partial charge in [-0.3, -0.25) is 9.59 Å². The number of hydrogen-bond donors (Lipinski definition) is 3. The van der Waals surface area contributed by atoms with Gasteiger partial charge in [0.2, 0.25) is 0 Å². The van der Waals surface area contributed by atoms with Crippen LogP contribution in [0, 0.1) is 5.92 Å². The van der Waals surface area contributed by atoms with Crippen LogP contribution < -0.4 is 16.0 Å². The summed E-state index contributed by atoms with van der Waals surface area (Å²) in [4.78, 5) is 26.6. The third kappa shape index (κ3) is 3.17. The van der Waals surface area contributed by atoms with Gasteiger partial charge >= 0.3 is 0 Å². The van der Waals surface area contributed by atoms with Gasteiger partial charge in [-0.2, -0.15) is 0 Å². The lowest BCUT2D eigenvalue weighted by atomic mass is 10.0. The highest BCUT2D eigenvalue weighted by atomic mass is 32.1. The van der Waals surface area contributed by atoms with E-state index in [2.05, 4.69) is 12.2 Å². The van der Waals surface area contributed by atoms with Gasteiger partial charge in [-0.15, -0.1) is 11.3 Å². The minimum atomic E-state index is -0.423. The van der Waals surface area contributed by atoms with Gasteiger partial charge in [0.1, 0.15) is 5.00 Å². The maximum atomic E-state index is 12.3. The fourth-order valence-corrected chi connectivity index (χ4v) is 5.02. The number of primary amides is 1. The van der Waals surface area contributed by atoms with E-state index in [4.69, 9.17) is 5.73 Å². The minimum Gasteiger partial charge on any atom is -0.365 e. The molecule has 2 atom stereocenters.